The van der Waals surface area contributed by atoms with Crippen molar-refractivity contribution >= 4 is 23.0 Å². The minimum absolute atomic E-state index is 0.0599. The number of amides is 2. The van der Waals surface area contributed by atoms with Gasteiger partial charge in [-0.1, -0.05) is 6.07 Å². The Labute approximate surface area is 237 Å². The van der Waals surface area contributed by atoms with Crippen molar-refractivity contribution in [2.75, 3.05) is 13.1 Å². The molecular weight excluding hydrogens is 567 g/mol. The van der Waals surface area contributed by atoms with Gasteiger partial charge in [0.15, 0.2) is 5.69 Å². The molecule has 0 radical (unpaired) electrons. The SMILES string of the molecule is Cc1oc2cc(C#N)c(OCc3cccnc3C(F)(F)F)cc2c1C(=O)NC1CCN(C(=O)OC(C)(C)C)CC1(F)F. The highest BCUT2D eigenvalue weighted by atomic mass is 19.4. The molecule has 1 aliphatic heterocycles. The summed E-state index contributed by atoms with van der Waals surface area (Å²) in [4.78, 5) is 29.8. The average Bonchev–Trinajstić information content (AvgIpc) is 3.20. The third-order valence-corrected chi connectivity index (χ3v) is 6.41. The van der Waals surface area contributed by atoms with E-state index in [9.17, 15) is 28.0 Å². The van der Waals surface area contributed by atoms with Crippen LogP contribution < -0.4 is 10.1 Å². The summed E-state index contributed by atoms with van der Waals surface area (Å²) in [6.07, 6.45) is -4.90. The Morgan fingerprint density at radius 2 is 1.98 bits per heavy atom. The van der Waals surface area contributed by atoms with Crippen LogP contribution in [0.4, 0.5) is 26.7 Å². The predicted molar refractivity (Wildman–Crippen MR) is 138 cm³/mol. The smallest absolute Gasteiger partial charge is 0.433 e. The number of benzene rings is 1. The number of carbonyl (C=O) groups excluding carboxylic acids is 2. The Kier molecular flexibility index (Phi) is 8.08. The molecule has 3 heterocycles. The molecule has 0 bridgehead atoms. The number of hydrogen-bond acceptors (Lipinski definition) is 7. The van der Waals surface area contributed by atoms with Gasteiger partial charge in [-0.05, 0) is 46.2 Å². The summed E-state index contributed by atoms with van der Waals surface area (Å²) in [5.41, 5.74) is -2.42. The van der Waals surface area contributed by atoms with Crippen molar-refractivity contribution in [3.63, 3.8) is 0 Å². The van der Waals surface area contributed by atoms with Crippen molar-refractivity contribution in [3.05, 3.63) is 58.6 Å². The number of nitrogens with one attached hydrogen (secondary N) is 1. The fraction of sp³-hybridized carbons (Fsp3) is 0.429. The van der Waals surface area contributed by atoms with Crippen molar-refractivity contribution in [3.8, 4) is 11.8 Å². The topological polar surface area (TPSA) is 118 Å². The second-order valence-electron chi connectivity index (χ2n) is 10.8. The molecule has 42 heavy (non-hydrogen) atoms. The number of halogens is 5. The van der Waals surface area contributed by atoms with Crippen LogP contribution in [-0.4, -0.2) is 52.5 Å². The molecule has 1 unspecified atom stereocenters. The minimum Gasteiger partial charge on any atom is -0.487 e. The lowest BCUT2D eigenvalue weighted by Crippen LogP contribution is -2.59. The highest BCUT2D eigenvalue weighted by Gasteiger charge is 2.47. The number of alkyl halides is 5. The van der Waals surface area contributed by atoms with E-state index in [1.54, 1.807) is 20.8 Å². The van der Waals surface area contributed by atoms with Gasteiger partial charge >= 0.3 is 12.3 Å². The molecule has 0 spiro atoms. The number of piperidine rings is 1. The summed E-state index contributed by atoms with van der Waals surface area (Å²) in [7, 11) is 0. The molecule has 1 N–H and O–H groups in total. The van der Waals surface area contributed by atoms with Crippen molar-refractivity contribution < 1.29 is 45.4 Å². The van der Waals surface area contributed by atoms with Crippen molar-refractivity contribution in [1.82, 2.24) is 15.2 Å². The summed E-state index contributed by atoms with van der Waals surface area (Å²) in [6.45, 7) is 4.63. The second-order valence-corrected chi connectivity index (χ2v) is 10.8. The monoisotopic (exact) mass is 594 g/mol. The van der Waals surface area contributed by atoms with Gasteiger partial charge in [0, 0.05) is 29.8 Å². The number of hydrogen-bond donors (Lipinski definition) is 1. The van der Waals surface area contributed by atoms with Gasteiger partial charge in [-0.25, -0.2) is 13.6 Å². The van der Waals surface area contributed by atoms with Crippen molar-refractivity contribution in [1.29, 1.82) is 5.26 Å². The van der Waals surface area contributed by atoms with E-state index in [1.807, 2.05) is 6.07 Å². The van der Waals surface area contributed by atoms with Crippen LogP contribution in [0.2, 0.25) is 0 Å². The molecule has 2 aromatic heterocycles. The van der Waals surface area contributed by atoms with Gasteiger partial charge in [0.25, 0.3) is 11.8 Å². The molecule has 1 aromatic carbocycles. The summed E-state index contributed by atoms with van der Waals surface area (Å²) < 4.78 is 86.4. The Balaban J connectivity index is 1.57. The van der Waals surface area contributed by atoms with Gasteiger partial charge in [0.2, 0.25) is 0 Å². The van der Waals surface area contributed by atoms with Crippen LogP contribution in [0.1, 0.15) is 60.1 Å². The maximum atomic E-state index is 15.0. The molecule has 1 atom stereocenters. The first kappa shape index (κ1) is 30.5. The zero-order chi connectivity index (χ0) is 31.0. The number of likely N-dealkylation sites (tertiary alicyclic amines) is 1. The van der Waals surface area contributed by atoms with E-state index in [1.165, 1.54) is 31.2 Å². The number of pyridine rings is 1. The lowest BCUT2D eigenvalue weighted by atomic mass is 10.00. The van der Waals surface area contributed by atoms with E-state index in [4.69, 9.17) is 13.9 Å². The van der Waals surface area contributed by atoms with Gasteiger partial charge in [0.1, 0.15) is 35.4 Å². The number of aromatic nitrogens is 1. The number of rotatable bonds is 5. The number of carbonyl (C=O) groups is 2. The van der Waals surface area contributed by atoms with Gasteiger partial charge in [-0.2, -0.15) is 18.4 Å². The van der Waals surface area contributed by atoms with Crippen molar-refractivity contribution in [2.45, 2.75) is 64.5 Å². The zero-order valence-corrected chi connectivity index (χ0v) is 23.1. The molecule has 1 aliphatic rings. The summed E-state index contributed by atoms with van der Waals surface area (Å²) in [5, 5.41) is 12.0. The van der Waals surface area contributed by atoms with Crippen molar-refractivity contribution in [2.24, 2.45) is 0 Å². The summed E-state index contributed by atoms with van der Waals surface area (Å²) >= 11 is 0. The van der Waals surface area contributed by atoms with Crippen LogP contribution in [0.3, 0.4) is 0 Å². The molecule has 0 saturated carbocycles. The molecule has 1 saturated heterocycles. The fourth-order valence-corrected chi connectivity index (χ4v) is 4.53. The molecule has 3 aromatic rings. The average molecular weight is 595 g/mol. The standard InChI is InChI=1S/C28H27F5N4O5/c1-15-22(24(38)36-21-7-9-37(14-27(21,29)30)25(39)42-26(2,3)4)18-11-19(17(12-34)10-20(18)41-15)40-13-16-6-5-8-35-23(16)28(31,32)33/h5-6,8,10-11,21H,7,9,13-14H2,1-4H3,(H,36,38). The molecule has 2 amide bonds. The molecule has 0 aliphatic carbocycles. The lowest BCUT2D eigenvalue weighted by molar-refractivity contribution is -0.142. The Morgan fingerprint density at radius 1 is 1.26 bits per heavy atom. The van der Waals surface area contributed by atoms with Gasteiger partial charge < -0.3 is 24.1 Å². The van der Waals surface area contributed by atoms with Crippen LogP contribution in [0.15, 0.2) is 34.9 Å². The predicted octanol–water partition coefficient (Wildman–Crippen LogP) is 5.98. The van der Waals surface area contributed by atoms with E-state index >= 15 is 8.78 Å². The molecule has 1 fully saturated rings. The van der Waals surface area contributed by atoms with Crippen LogP contribution in [-0.2, 0) is 17.5 Å². The largest absolute Gasteiger partial charge is 0.487 e. The first-order chi connectivity index (χ1) is 19.5. The highest BCUT2D eigenvalue weighted by Crippen LogP contribution is 2.35. The first-order valence-corrected chi connectivity index (χ1v) is 12.8. The normalized spacial score (nSPS) is 17.0. The van der Waals surface area contributed by atoms with Gasteiger partial charge in [-0.3, -0.25) is 9.78 Å². The Bertz CT molecular complexity index is 1550. The zero-order valence-electron chi connectivity index (χ0n) is 23.1. The molecule has 14 heteroatoms. The maximum Gasteiger partial charge on any atom is 0.433 e. The van der Waals surface area contributed by atoms with E-state index < -0.39 is 54.6 Å². The van der Waals surface area contributed by atoms with Gasteiger partial charge in [-0.15, -0.1) is 0 Å². The third-order valence-electron chi connectivity index (χ3n) is 6.41. The van der Waals surface area contributed by atoms with Crippen LogP contribution in [0.5, 0.6) is 5.75 Å². The maximum absolute atomic E-state index is 15.0. The lowest BCUT2D eigenvalue weighted by Gasteiger charge is -2.38. The van der Waals surface area contributed by atoms with E-state index in [0.29, 0.717) is 0 Å². The molecule has 4 rings (SSSR count). The quantitative estimate of drug-likeness (QED) is 0.361. The van der Waals surface area contributed by atoms with Crippen LogP contribution >= 0.6 is 0 Å². The van der Waals surface area contributed by atoms with Crippen LogP contribution in [0.25, 0.3) is 11.0 Å². The highest BCUT2D eigenvalue weighted by molar-refractivity contribution is 6.08. The Hall–Kier alpha value is -4.41. The number of aryl methyl sites for hydroxylation is 1. The minimum atomic E-state index is -4.74. The summed E-state index contributed by atoms with van der Waals surface area (Å²) in [6, 6.07) is 5.22. The van der Waals surface area contributed by atoms with Gasteiger partial charge in [0.05, 0.1) is 23.7 Å². The Morgan fingerprint density at radius 3 is 2.60 bits per heavy atom. The van der Waals surface area contributed by atoms with E-state index in [2.05, 4.69) is 10.3 Å². The first-order valence-electron chi connectivity index (χ1n) is 12.8. The number of furan rings is 1. The summed E-state index contributed by atoms with van der Waals surface area (Å²) in [5.74, 6) is -4.47. The molecular formula is C28H27F5N4O5. The van der Waals surface area contributed by atoms with E-state index in [0.717, 1.165) is 11.1 Å². The number of nitriles is 1. The van der Waals surface area contributed by atoms with Crippen LogP contribution in [0, 0.1) is 18.3 Å². The fourth-order valence-electron chi connectivity index (χ4n) is 4.53. The number of fused-ring (bicyclic) bond motifs is 1. The molecule has 224 valence electrons. The van der Waals surface area contributed by atoms with E-state index in [-0.39, 0.29) is 52.1 Å². The number of ether oxygens (including phenoxy) is 2. The number of nitrogens with zero attached hydrogens (tertiary/aromatic N) is 3. The molecule has 9 nitrogen and oxygen atoms in total. The third kappa shape index (κ3) is 6.56. The second kappa shape index (κ2) is 11.1.